The molecule has 176 valence electrons. The van der Waals surface area contributed by atoms with E-state index in [1.807, 2.05) is 6.07 Å². The van der Waals surface area contributed by atoms with E-state index >= 15 is 8.78 Å². The predicted octanol–water partition coefficient (Wildman–Crippen LogP) is 2.45. The zero-order chi connectivity index (χ0) is 24.4. The molecule has 2 atom stereocenters. The number of primary amides is 1. The van der Waals surface area contributed by atoms with Gasteiger partial charge in [0, 0.05) is 25.0 Å². The van der Waals surface area contributed by atoms with E-state index in [1.165, 1.54) is 12.1 Å². The standard InChI is InChI=1S/C20H21F3N6O4/c21-13-2-4-14(5-3-13)26-17-15(16(25)31)11-29(27-17)19(7-1-9-30)12(10-24)6-8-28(18(32)33)20(19,22)23/h2-5,11-12,30H,1,6-9H2,(H2,25,31)(H,26,27)(H,32,33)/t12-,19-/m0/s1. The van der Waals surface area contributed by atoms with Gasteiger partial charge in [0.15, 0.2) is 11.4 Å². The molecular weight excluding hydrogens is 445 g/mol. The molecule has 1 saturated heterocycles. The van der Waals surface area contributed by atoms with E-state index in [4.69, 9.17) is 5.73 Å². The summed E-state index contributed by atoms with van der Waals surface area (Å²) >= 11 is 0. The first-order valence-corrected chi connectivity index (χ1v) is 9.90. The zero-order valence-corrected chi connectivity index (χ0v) is 17.2. The Morgan fingerprint density at radius 2 is 2.00 bits per heavy atom. The minimum absolute atomic E-state index is 0.0725. The van der Waals surface area contributed by atoms with Gasteiger partial charge in [-0.15, -0.1) is 0 Å². The van der Waals surface area contributed by atoms with Gasteiger partial charge in [0.25, 0.3) is 5.91 Å². The number of amides is 2. The summed E-state index contributed by atoms with van der Waals surface area (Å²) in [4.78, 5) is 23.5. The molecule has 0 aliphatic carbocycles. The number of benzene rings is 1. The number of hydrogen-bond acceptors (Lipinski definition) is 6. The first-order valence-electron chi connectivity index (χ1n) is 9.90. The Hall–Kier alpha value is -3.79. The van der Waals surface area contributed by atoms with Gasteiger partial charge in [-0.05, 0) is 43.5 Å². The fourth-order valence-electron chi connectivity index (χ4n) is 4.07. The normalized spacial score (nSPS) is 21.9. The van der Waals surface area contributed by atoms with Gasteiger partial charge in [0.05, 0.1) is 12.0 Å². The molecule has 1 aromatic heterocycles. The van der Waals surface area contributed by atoms with Gasteiger partial charge in [0.2, 0.25) is 0 Å². The Labute approximate surface area is 186 Å². The van der Waals surface area contributed by atoms with E-state index in [-0.39, 0.29) is 34.8 Å². The minimum Gasteiger partial charge on any atom is -0.465 e. The second-order valence-corrected chi connectivity index (χ2v) is 7.53. The molecule has 0 saturated carbocycles. The fourth-order valence-corrected chi connectivity index (χ4v) is 4.07. The fraction of sp³-hybridized carbons (Fsp3) is 0.400. The lowest BCUT2D eigenvalue weighted by molar-refractivity contribution is -0.245. The Morgan fingerprint density at radius 3 is 2.55 bits per heavy atom. The van der Waals surface area contributed by atoms with Gasteiger partial charge >= 0.3 is 12.1 Å². The summed E-state index contributed by atoms with van der Waals surface area (Å²) in [6, 6.07) is 2.57. The molecule has 2 aromatic rings. The topological polar surface area (TPSA) is 158 Å². The number of hydrogen-bond donors (Lipinski definition) is 4. The molecule has 1 fully saturated rings. The monoisotopic (exact) mass is 466 g/mol. The van der Waals surface area contributed by atoms with Crippen LogP contribution in [-0.2, 0) is 5.54 Å². The van der Waals surface area contributed by atoms with Crippen LogP contribution in [0.25, 0.3) is 0 Å². The van der Waals surface area contributed by atoms with Crippen LogP contribution in [0.15, 0.2) is 30.5 Å². The van der Waals surface area contributed by atoms with Crippen molar-refractivity contribution < 1.29 is 33.0 Å². The van der Waals surface area contributed by atoms with Crippen molar-refractivity contribution >= 4 is 23.5 Å². The third-order valence-electron chi connectivity index (χ3n) is 5.68. The number of aromatic nitrogens is 2. The SMILES string of the molecule is N#C[C@@H]1CCN(C(=O)O)C(F)(F)[C@@]1(CCCO)n1cc(C(N)=O)c(Nc2ccc(F)cc2)n1. The molecule has 0 radical (unpaired) electrons. The number of anilines is 2. The summed E-state index contributed by atoms with van der Waals surface area (Å²) in [6.07, 6.45) is -1.91. The summed E-state index contributed by atoms with van der Waals surface area (Å²) in [6.45, 7) is -1.10. The molecular formula is C20H21F3N6O4. The van der Waals surface area contributed by atoms with Crippen molar-refractivity contribution in [3.05, 3.63) is 41.8 Å². The predicted molar refractivity (Wildman–Crippen MR) is 108 cm³/mol. The number of nitrogens with zero attached hydrogens (tertiary/aromatic N) is 4. The molecule has 1 aromatic carbocycles. The van der Waals surface area contributed by atoms with E-state index in [9.17, 15) is 29.5 Å². The van der Waals surface area contributed by atoms with Gasteiger partial charge in [0.1, 0.15) is 11.4 Å². The summed E-state index contributed by atoms with van der Waals surface area (Å²) in [5.41, 5.74) is 2.83. The van der Waals surface area contributed by atoms with Gasteiger partial charge in [-0.3, -0.25) is 9.48 Å². The summed E-state index contributed by atoms with van der Waals surface area (Å²) in [5, 5.41) is 35.2. The van der Waals surface area contributed by atoms with E-state index in [0.29, 0.717) is 4.68 Å². The highest BCUT2D eigenvalue weighted by molar-refractivity contribution is 5.98. The van der Waals surface area contributed by atoms with Crippen LogP contribution in [0.2, 0.25) is 0 Å². The smallest absolute Gasteiger partial charge is 0.411 e. The molecule has 0 spiro atoms. The number of piperidine rings is 1. The van der Waals surface area contributed by atoms with Crippen molar-refractivity contribution in [2.75, 3.05) is 18.5 Å². The van der Waals surface area contributed by atoms with Gasteiger partial charge < -0.3 is 21.3 Å². The number of halogens is 3. The van der Waals surface area contributed by atoms with Gasteiger partial charge in [-0.1, -0.05) is 0 Å². The second-order valence-electron chi connectivity index (χ2n) is 7.53. The average Bonchev–Trinajstić information content (AvgIpc) is 3.17. The van der Waals surface area contributed by atoms with Crippen LogP contribution in [0, 0.1) is 23.1 Å². The first kappa shape index (κ1) is 23.9. The number of nitrogens with one attached hydrogen (secondary N) is 1. The van der Waals surface area contributed by atoms with Crippen molar-refractivity contribution in [1.29, 1.82) is 5.26 Å². The van der Waals surface area contributed by atoms with E-state index in [0.717, 1.165) is 18.3 Å². The quantitative estimate of drug-likeness (QED) is 0.456. The molecule has 3 rings (SSSR count). The summed E-state index contributed by atoms with van der Waals surface area (Å²) in [7, 11) is 0. The third-order valence-corrected chi connectivity index (χ3v) is 5.68. The Bertz CT molecular complexity index is 1080. The molecule has 1 aliphatic heterocycles. The second kappa shape index (κ2) is 8.99. The maximum atomic E-state index is 15.8. The molecule has 2 amide bonds. The van der Waals surface area contributed by atoms with Crippen LogP contribution < -0.4 is 11.1 Å². The lowest BCUT2D eigenvalue weighted by Crippen LogP contribution is -2.68. The van der Waals surface area contributed by atoms with Crippen molar-refractivity contribution in [2.45, 2.75) is 30.8 Å². The number of carbonyl (C=O) groups is 2. The van der Waals surface area contributed by atoms with Crippen molar-refractivity contribution in [3.8, 4) is 6.07 Å². The van der Waals surface area contributed by atoms with Crippen LogP contribution in [0.5, 0.6) is 0 Å². The number of likely N-dealkylation sites (tertiary alicyclic amines) is 1. The number of carbonyl (C=O) groups excluding carboxylic acids is 1. The highest BCUT2D eigenvalue weighted by atomic mass is 19.3. The molecule has 33 heavy (non-hydrogen) atoms. The van der Waals surface area contributed by atoms with Crippen molar-refractivity contribution in [3.63, 3.8) is 0 Å². The molecule has 1 aliphatic rings. The molecule has 10 nitrogen and oxygen atoms in total. The highest BCUT2D eigenvalue weighted by Crippen LogP contribution is 2.51. The molecule has 0 bridgehead atoms. The van der Waals surface area contributed by atoms with Gasteiger partial charge in [-0.25, -0.2) is 14.1 Å². The number of alkyl halides is 2. The lowest BCUT2D eigenvalue weighted by atomic mass is 9.73. The Morgan fingerprint density at radius 1 is 1.33 bits per heavy atom. The molecule has 5 N–H and O–H groups in total. The third kappa shape index (κ3) is 4.05. The number of aliphatic hydroxyl groups is 1. The minimum atomic E-state index is -4.12. The number of nitriles is 1. The molecule has 2 heterocycles. The van der Waals surface area contributed by atoms with Gasteiger partial charge in [-0.2, -0.15) is 19.1 Å². The van der Waals surface area contributed by atoms with E-state index in [1.54, 1.807) is 0 Å². The maximum absolute atomic E-state index is 15.8. The van der Waals surface area contributed by atoms with Crippen LogP contribution in [-0.4, -0.2) is 56.1 Å². The van der Waals surface area contributed by atoms with Crippen LogP contribution in [0.4, 0.5) is 29.5 Å². The first-order chi connectivity index (χ1) is 15.6. The van der Waals surface area contributed by atoms with Crippen molar-refractivity contribution in [1.82, 2.24) is 14.7 Å². The van der Waals surface area contributed by atoms with Crippen molar-refractivity contribution in [2.24, 2.45) is 11.7 Å². The Kier molecular flexibility index (Phi) is 6.50. The summed E-state index contributed by atoms with van der Waals surface area (Å²) in [5.74, 6) is -3.20. The maximum Gasteiger partial charge on any atom is 0.411 e. The number of nitrogens with two attached hydrogens (primary N) is 1. The molecule has 13 heteroatoms. The average molecular weight is 466 g/mol. The Balaban J connectivity index is 2.20. The number of carboxylic acid groups (broad SMARTS) is 1. The van der Waals surface area contributed by atoms with Crippen LogP contribution in [0.1, 0.15) is 29.6 Å². The number of aliphatic hydroxyl groups excluding tert-OH is 1. The number of rotatable bonds is 7. The summed E-state index contributed by atoms with van der Waals surface area (Å²) < 4.78 is 45.4. The van der Waals surface area contributed by atoms with Crippen LogP contribution >= 0.6 is 0 Å². The lowest BCUT2D eigenvalue weighted by Gasteiger charge is -2.50. The van der Waals surface area contributed by atoms with E-state index < -0.39 is 54.9 Å². The molecule has 0 unspecified atom stereocenters. The van der Waals surface area contributed by atoms with Crippen LogP contribution in [0.3, 0.4) is 0 Å². The zero-order valence-electron chi connectivity index (χ0n) is 17.2. The largest absolute Gasteiger partial charge is 0.465 e. The highest BCUT2D eigenvalue weighted by Gasteiger charge is 2.67. The van der Waals surface area contributed by atoms with E-state index in [2.05, 4.69) is 10.4 Å².